The van der Waals surface area contributed by atoms with Crippen LogP contribution in [0.5, 0.6) is 5.75 Å². The third-order valence-electron chi connectivity index (χ3n) is 4.94. The first-order valence-electron chi connectivity index (χ1n) is 10.4. The lowest BCUT2D eigenvalue weighted by Gasteiger charge is -2.18. The predicted molar refractivity (Wildman–Crippen MR) is 117 cm³/mol. The van der Waals surface area contributed by atoms with Crippen LogP contribution in [0.1, 0.15) is 20.3 Å². The molecule has 10 nitrogen and oxygen atoms in total. The van der Waals surface area contributed by atoms with Gasteiger partial charge in [0.25, 0.3) is 0 Å². The van der Waals surface area contributed by atoms with Gasteiger partial charge in [-0.25, -0.2) is 9.78 Å². The standard InChI is InChI=1S/C19H23N7O.C2HF3O2/c1-12(2)23-15-5-6-26(11-15)19-20-10-17(24-25-19)16-4-3-13(7-18(16)27)14-8-21-22-9-14;3-2(4,5)1(6)7/h3-4,7-10,12,15,23,27H,5-6,11H2,1-2H3,(H,21,22);(H,6,7)/t15-;/m0./s1. The lowest BCUT2D eigenvalue weighted by Crippen LogP contribution is -2.37. The summed E-state index contributed by atoms with van der Waals surface area (Å²) in [4.78, 5) is 15.5. The minimum absolute atomic E-state index is 0.139. The summed E-state index contributed by atoms with van der Waals surface area (Å²) in [6, 6.07) is 6.34. The molecule has 0 spiro atoms. The molecule has 0 radical (unpaired) electrons. The number of halogens is 3. The van der Waals surface area contributed by atoms with Gasteiger partial charge in [-0.1, -0.05) is 19.9 Å². The number of alkyl halides is 3. The molecule has 0 amide bonds. The van der Waals surface area contributed by atoms with Gasteiger partial charge in [-0.3, -0.25) is 5.10 Å². The van der Waals surface area contributed by atoms with E-state index in [9.17, 15) is 18.3 Å². The number of nitrogens with one attached hydrogen (secondary N) is 2. The Morgan fingerprint density at radius 1 is 1.24 bits per heavy atom. The first kappa shape index (κ1) is 24.9. The van der Waals surface area contributed by atoms with Gasteiger partial charge in [0, 0.05) is 42.5 Å². The summed E-state index contributed by atoms with van der Waals surface area (Å²) < 4.78 is 31.7. The van der Waals surface area contributed by atoms with Crippen molar-refractivity contribution < 1.29 is 28.2 Å². The zero-order valence-electron chi connectivity index (χ0n) is 18.4. The number of anilines is 1. The molecule has 0 bridgehead atoms. The van der Waals surface area contributed by atoms with Gasteiger partial charge >= 0.3 is 12.1 Å². The van der Waals surface area contributed by atoms with Gasteiger partial charge < -0.3 is 20.4 Å². The van der Waals surface area contributed by atoms with Crippen LogP contribution in [-0.4, -0.2) is 72.9 Å². The molecule has 182 valence electrons. The van der Waals surface area contributed by atoms with Crippen molar-refractivity contribution in [1.29, 1.82) is 0 Å². The van der Waals surface area contributed by atoms with E-state index in [-0.39, 0.29) is 5.75 Å². The zero-order valence-corrected chi connectivity index (χ0v) is 18.4. The molecule has 3 aromatic rings. The second-order valence-corrected chi connectivity index (χ2v) is 7.92. The van der Waals surface area contributed by atoms with E-state index in [4.69, 9.17) is 9.90 Å². The van der Waals surface area contributed by atoms with Gasteiger partial charge in [-0.2, -0.15) is 18.3 Å². The topological polar surface area (TPSA) is 140 Å². The van der Waals surface area contributed by atoms with Crippen molar-refractivity contribution in [3.05, 3.63) is 36.8 Å². The molecule has 0 aliphatic carbocycles. The van der Waals surface area contributed by atoms with Gasteiger partial charge in [0.2, 0.25) is 5.95 Å². The lowest BCUT2D eigenvalue weighted by atomic mass is 10.0. The maximum atomic E-state index is 10.6. The number of phenols is 1. The average Bonchev–Trinajstić information content (AvgIpc) is 3.46. The van der Waals surface area contributed by atoms with Crippen molar-refractivity contribution in [3.8, 4) is 28.1 Å². The minimum atomic E-state index is -5.08. The molecular weight excluding hydrogens is 455 g/mol. The van der Waals surface area contributed by atoms with E-state index in [0.717, 1.165) is 30.6 Å². The smallest absolute Gasteiger partial charge is 0.490 e. The number of aromatic amines is 1. The van der Waals surface area contributed by atoms with Crippen molar-refractivity contribution in [2.24, 2.45) is 0 Å². The van der Waals surface area contributed by atoms with Crippen LogP contribution in [0.4, 0.5) is 19.1 Å². The first-order chi connectivity index (χ1) is 16.0. The second-order valence-electron chi connectivity index (χ2n) is 7.92. The SMILES string of the molecule is CC(C)N[C@H]1CCN(c2ncc(-c3ccc(-c4cn[nH]c4)cc3O)nn2)C1.O=C(O)C(F)(F)F. The number of hydrogen-bond acceptors (Lipinski definition) is 8. The summed E-state index contributed by atoms with van der Waals surface area (Å²) >= 11 is 0. The summed E-state index contributed by atoms with van der Waals surface area (Å²) in [5, 5.41) is 36.3. The molecule has 1 aromatic carbocycles. The van der Waals surface area contributed by atoms with Crippen LogP contribution >= 0.6 is 0 Å². The Kier molecular flexibility index (Phi) is 7.66. The highest BCUT2D eigenvalue weighted by atomic mass is 19.4. The molecule has 1 aliphatic rings. The van der Waals surface area contributed by atoms with Crippen LogP contribution in [0.15, 0.2) is 36.8 Å². The van der Waals surface area contributed by atoms with E-state index in [2.05, 4.69) is 49.4 Å². The van der Waals surface area contributed by atoms with E-state index in [1.807, 2.05) is 12.1 Å². The van der Waals surface area contributed by atoms with Crippen molar-refractivity contribution in [1.82, 2.24) is 30.7 Å². The van der Waals surface area contributed by atoms with Gasteiger partial charge in [-0.05, 0) is 24.1 Å². The Hall–Kier alpha value is -3.74. The summed E-state index contributed by atoms with van der Waals surface area (Å²) in [5.41, 5.74) is 2.94. The fourth-order valence-electron chi connectivity index (χ4n) is 3.42. The van der Waals surface area contributed by atoms with Gasteiger partial charge in [0.1, 0.15) is 11.4 Å². The average molecular weight is 479 g/mol. The Morgan fingerprint density at radius 2 is 1.97 bits per heavy atom. The van der Waals surface area contributed by atoms with Crippen LogP contribution in [0, 0.1) is 0 Å². The first-order valence-corrected chi connectivity index (χ1v) is 10.4. The van der Waals surface area contributed by atoms with Crippen molar-refractivity contribution in [2.45, 2.75) is 38.5 Å². The third kappa shape index (κ3) is 6.41. The molecule has 0 saturated carbocycles. The quantitative estimate of drug-likeness (QED) is 0.435. The van der Waals surface area contributed by atoms with E-state index in [0.29, 0.717) is 29.3 Å². The van der Waals surface area contributed by atoms with Crippen molar-refractivity contribution >= 4 is 11.9 Å². The van der Waals surface area contributed by atoms with E-state index in [1.54, 1.807) is 24.7 Å². The number of H-pyrrole nitrogens is 1. The summed E-state index contributed by atoms with van der Waals surface area (Å²) in [5.74, 6) is -1.99. The Labute approximate surface area is 192 Å². The third-order valence-corrected chi connectivity index (χ3v) is 4.94. The van der Waals surface area contributed by atoms with E-state index < -0.39 is 12.1 Å². The molecule has 13 heteroatoms. The molecule has 1 saturated heterocycles. The molecule has 1 aliphatic heterocycles. The lowest BCUT2D eigenvalue weighted by molar-refractivity contribution is -0.192. The monoisotopic (exact) mass is 479 g/mol. The number of aromatic nitrogens is 5. The highest BCUT2D eigenvalue weighted by molar-refractivity contribution is 5.73. The molecule has 1 atom stereocenters. The van der Waals surface area contributed by atoms with E-state index in [1.165, 1.54) is 0 Å². The molecule has 34 heavy (non-hydrogen) atoms. The molecule has 4 N–H and O–H groups in total. The van der Waals surface area contributed by atoms with E-state index >= 15 is 0 Å². The van der Waals surface area contributed by atoms with Gasteiger partial charge in [0.15, 0.2) is 0 Å². The minimum Gasteiger partial charge on any atom is -0.507 e. The van der Waals surface area contributed by atoms with Crippen LogP contribution in [-0.2, 0) is 4.79 Å². The molecule has 0 unspecified atom stereocenters. The predicted octanol–water partition coefficient (Wildman–Crippen LogP) is 2.84. The van der Waals surface area contributed by atoms with Crippen molar-refractivity contribution in [3.63, 3.8) is 0 Å². The molecule has 1 fully saturated rings. The van der Waals surface area contributed by atoms with Crippen LogP contribution in [0.25, 0.3) is 22.4 Å². The Morgan fingerprint density at radius 3 is 2.50 bits per heavy atom. The van der Waals surface area contributed by atoms with Crippen LogP contribution < -0.4 is 10.2 Å². The zero-order chi connectivity index (χ0) is 24.9. The van der Waals surface area contributed by atoms with Crippen LogP contribution in [0.3, 0.4) is 0 Å². The largest absolute Gasteiger partial charge is 0.507 e. The normalized spacial score (nSPS) is 15.8. The summed E-state index contributed by atoms with van der Waals surface area (Å²) in [6.07, 6.45) is 1.14. The second kappa shape index (κ2) is 10.5. The molecule has 2 aromatic heterocycles. The molecular formula is C21H24F3N7O3. The van der Waals surface area contributed by atoms with Crippen molar-refractivity contribution in [2.75, 3.05) is 18.0 Å². The molecule has 3 heterocycles. The molecule has 4 rings (SSSR count). The Bertz CT molecular complexity index is 1090. The number of aromatic hydroxyl groups is 1. The highest BCUT2D eigenvalue weighted by Gasteiger charge is 2.38. The number of carbonyl (C=O) groups is 1. The number of benzene rings is 1. The maximum absolute atomic E-state index is 10.6. The fraction of sp³-hybridized carbons (Fsp3) is 0.381. The Balaban J connectivity index is 0.000000406. The fourth-order valence-corrected chi connectivity index (χ4v) is 3.42. The van der Waals surface area contributed by atoms with Gasteiger partial charge in [0.05, 0.1) is 12.4 Å². The number of aliphatic carboxylic acids is 1. The number of nitrogens with zero attached hydrogens (tertiary/aromatic N) is 5. The number of rotatable bonds is 5. The maximum Gasteiger partial charge on any atom is 0.490 e. The van der Waals surface area contributed by atoms with Crippen LogP contribution in [0.2, 0.25) is 0 Å². The number of hydrogen-bond donors (Lipinski definition) is 4. The number of carboxylic acid groups (broad SMARTS) is 1. The number of carboxylic acids is 1. The summed E-state index contributed by atoms with van der Waals surface area (Å²) in [6.45, 7) is 6.10. The summed E-state index contributed by atoms with van der Waals surface area (Å²) in [7, 11) is 0. The number of phenolic OH excluding ortho intramolecular Hbond substituents is 1. The highest BCUT2D eigenvalue weighted by Crippen LogP contribution is 2.32. The van der Waals surface area contributed by atoms with Gasteiger partial charge in [-0.15, -0.1) is 10.2 Å².